The number of carbonyl (C=O) groups excluding carboxylic acids is 4. The minimum absolute atomic E-state index is 0. The number of halogens is 1. The van der Waals surface area contributed by atoms with E-state index in [9.17, 15) is 19.2 Å². The molecule has 2 aromatic carbocycles. The predicted octanol–water partition coefficient (Wildman–Crippen LogP) is 4.30. The summed E-state index contributed by atoms with van der Waals surface area (Å²) in [5.74, 6) is 10.3. The maximum atomic E-state index is 12.2. The Kier molecular flexibility index (Phi) is 15.9. The van der Waals surface area contributed by atoms with Crippen LogP contribution in [0.25, 0.3) is 22.1 Å². The average Bonchev–Trinajstić information content (AvgIpc) is 4.16. The van der Waals surface area contributed by atoms with Gasteiger partial charge in [-0.3, -0.25) is 19.2 Å². The third-order valence-electron chi connectivity index (χ3n) is 11.4. The van der Waals surface area contributed by atoms with E-state index in [0.717, 1.165) is 51.3 Å². The van der Waals surface area contributed by atoms with Crippen LogP contribution >= 0.6 is 29.4 Å². The number of anilines is 2. The molecule has 2 fully saturated rings. The Morgan fingerprint density at radius 1 is 0.758 bits per heavy atom. The number of benzene rings is 2. The van der Waals surface area contributed by atoms with Gasteiger partial charge in [0.15, 0.2) is 5.69 Å². The van der Waals surface area contributed by atoms with Crippen molar-refractivity contribution in [3.63, 3.8) is 0 Å². The van der Waals surface area contributed by atoms with Crippen LogP contribution in [0.5, 0.6) is 0 Å². The predicted molar refractivity (Wildman–Crippen MR) is 264 cm³/mol. The molecule has 2 aliphatic heterocycles. The lowest BCUT2D eigenvalue weighted by Crippen LogP contribution is -2.27. The highest BCUT2D eigenvalue weighted by atomic mass is 79.9. The summed E-state index contributed by atoms with van der Waals surface area (Å²) in [6, 6.07) is 11.6. The summed E-state index contributed by atoms with van der Waals surface area (Å²) in [5.41, 5.74) is 17.5. The highest BCUT2D eigenvalue weighted by molar-refractivity contribution is 9.10. The number of hydrogen-bond acceptors (Lipinski definition) is 10. The minimum atomic E-state index is -0.613. The molecule has 6 aromatic rings. The van der Waals surface area contributed by atoms with E-state index in [1.165, 1.54) is 12.2 Å². The van der Waals surface area contributed by atoms with Crippen molar-refractivity contribution in [3.05, 3.63) is 106 Å². The molecule has 2 saturated heterocycles. The first-order valence-corrected chi connectivity index (χ1v) is 21.4. The molecule has 0 bridgehead atoms. The maximum absolute atomic E-state index is 12.2. The van der Waals surface area contributed by atoms with E-state index in [-0.39, 0.29) is 43.0 Å². The molecular weight excluding hydrogens is 925 g/mol. The number of nitrogens with one attached hydrogen (secondary N) is 2. The quantitative estimate of drug-likeness (QED) is 0.125. The van der Waals surface area contributed by atoms with Crippen molar-refractivity contribution in [1.29, 1.82) is 0 Å². The molecule has 0 radical (unpaired) electrons. The van der Waals surface area contributed by atoms with Gasteiger partial charge in [-0.1, -0.05) is 25.0 Å². The van der Waals surface area contributed by atoms with Gasteiger partial charge in [-0.15, -0.1) is 6.42 Å². The maximum Gasteiger partial charge on any atom is 0.255 e. The molecule has 2 atom stereocenters. The van der Waals surface area contributed by atoms with Crippen LogP contribution in [0.15, 0.2) is 66.3 Å². The van der Waals surface area contributed by atoms with Crippen LogP contribution in [0.2, 0.25) is 0 Å². The van der Waals surface area contributed by atoms with Crippen LogP contribution in [0, 0.1) is 38.0 Å². The number of likely N-dealkylation sites (tertiary alicyclic amines) is 2. The van der Waals surface area contributed by atoms with Crippen LogP contribution in [0.1, 0.15) is 74.1 Å². The third kappa shape index (κ3) is 10.1. The summed E-state index contributed by atoms with van der Waals surface area (Å²) in [6.07, 6.45) is 9.37. The Hall–Kier alpha value is -7.29. The lowest BCUT2D eigenvalue weighted by Gasteiger charge is -2.16. The van der Waals surface area contributed by atoms with Gasteiger partial charge in [-0.05, 0) is 97.1 Å². The summed E-state index contributed by atoms with van der Waals surface area (Å²) < 4.78 is 7.89. The van der Waals surface area contributed by atoms with E-state index in [1.54, 1.807) is 33.3 Å². The number of imidazole rings is 2. The molecule has 2 aliphatic rings. The molecule has 18 nitrogen and oxygen atoms in total. The molecule has 0 aliphatic carbocycles. The number of carbonyl (C=O) groups is 4. The topological polar surface area (TPSA) is 222 Å². The van der Waals surface area contributed by atoms with E-state index in [1.807, 2.05) is 68.9 Å². The second-order valence-electron chi connectivity index (χ2n) is 15.3. The Bertz CT molecular complexity index is 2980. The Labute approximate surface area is 398 Å². The van der Waals surface area contributed by atoms with Gasteiger partial charge in [0.2, 0.25) is 11.8 Å². The molecule has 20 heteroatoms. The third-order valence-corrected chi connectivity index (χ3v) is 12.0. The van der Waals surface area contributed by atoms with Crippen LogP contribution in [-0.2, 0) is 23.7 Å². The van der Waals surface area contributed by atoms with E-state index in [0.29, 0.717) is 60.1 Å². The van der Waals surface area contributed by atoms with Crippen molar-refractivity contribution in [2.24, 2.45) is 25.6 Å². The fourth-order valence-electron chi connectivity index (χ4n) is 7.87. The first-order valence-electron chi connectivity index (χ1n) is 20.6. The lowest BCUT2D eigenvalue weighted by atomic mass is 10.1. The molecule has 344 valence electrons. The first-order chi connectivity index (χ1) is 31.0. The SMILES string of the molecule is C#Cc1ccc2c(c1)nc(C)n2C.C=CC(=O)N1CCC(n2nc(Br)c(C(N)=O)c2NC)C1.C=CC(=O)N1CC[C@H](n2nc(C#Cc3ccc4c(c3)nc(C)n4C)c(C(N)=O)c2NC)C1.S. The number of hydrogen-bond donors (Lipinski definition) is 4. The smallest absolute Gasteiger partial charge is 0.255 e. The van der Waals surface area contributed by atoms with Crippen LogP contribution in [-0.4, -0.2) is 112 Å². The van der Waals surface area contributed by atoms with Gasteiger partial charge >= 0.3 is 0 Å². The monoisotopic (exact) mass is 976 g/mol. The zero-order valence-electron chi connectivity index (χ0n) is 37.6. The van der Waals surface area contributed by atoms with Crippen LogP contribution < -0.4 is 22.1 Å². The zero-order valence-corrected chi connectivity index (χ0v) is 40.2. The van der Waals surface area contributed by atoms with Crippen molar-refractivity contribution < 1.29 is 19.2 Å². The molecule has 6 N–H and O–H groups in total. The van der Waals surface area contributed by atoms with E-state index in [4.69, 9.17) is 17.9 Å². The number of rotatable bonds is 8. The zero-order chi connectivity index (χ0) is 47.3. The molecule has 8 rings (SSSR count). The molecule has 66 heavy (non-hydrogen) atoms. The standard InChI is InChI=1S/C23H25N7O2.C12H16BrN5O2.C11H10N2.H2S/c1-5-20(31)29-11-10-16(13-29)30-23(25-3)21(22(24)32)17(27-30)8-6-15-7-9-19-18(12-15)26-14(2)28(19)4;1-3-8(19)17-5-4-7(6-17)18-12(15-2)9(11(14)20)10(13)16-18;1-4-9-5-6-11-10(7-9)12-8(2)13(11)3;/h5,7,9,12,16,25H,1,10-11,13H2,2-4H3,(H2,24,32);3,7,15H,1,4-6H2,2H3,(H2,14,20);1,5-7H,2-3H3;1H2/t16-;;;/m0.../s1. The number of aryl methyl sites for hydroxylation is 4. The van der Waals surface area contributed by atoms with Gasteiger partial charge in [0.1, 0.15) is 39.0 Å². The van der Waals surface area contributed by atoms with Gasteiger partial charge in [0.05, 0.1) is 34.2 Å². The fraction of sp³-hybridized carbons (Fsp3) is 0.304. The Balaban J connectivity index is 0.000000204. The minimum Gasteiger partial charge on any atom is -0.373 e. The van der Waals surface area contributed by atoms with E-state index < -0.39 is 11.8 Å². The summed E-state index contributed by atoms with van der Waals surface area (Å²) in [4.78, 5) is 59.6. The molecular formula is C46H53BrN14O4S. The molecule has 0 saturated carbocycles. The lowest BCUT2D eigenvalue weighted by molar-refractivity contribution is -0.125. The van der Waals surface area contributed by atoms with Crippen molar-refractivity contribution in [2.75, 3.05) is 50.9 Å². The first kappa shape index (κ1) is 49.7. The summed E-state index contributed by atoms with van der Waals surface area (Å²) >= 11 is 3.24. The molecule has 6 heterocycles. The summed E-state index contributed by atoms with van der Waals surface area (Å²) in [6.45, 7) is 13.2. The van der Waals surface area contributed by atoms with Gasteiger partial charge in [0, 0.05) is 65.5 Å². The number of fused-ring (bicyclic) bond motifs is 2. The second-order valence-corrected chi connectivity index (χ2v) is 16.1. The number of primary amides is 2. The van der Waals surface area contributed by atoms with Crippen molar-refractivity contribution in [1.82, 2.24) is 48.5 Å². The highest BCUT2D eigenvalue weighted by Gasteiger charge is 2.32. The van der Waals surface area contributed by atoms with Crippen molar-refractivity contribution in [3.8, 4) is 24.2 Å². The number of aromatic nitrogens is 8. The summed E-state index contributed by atoms with van der Waals surface area (Å²) in [7, 11) is 7.37. The molecule has 0 spiro atoms. The Morgan fingerprint density at radius 2 is 1.21 bits per heavy atom. The average molecular weight is 978 g/mol. The number of terminal acetylenes is 1. The van der Waals surface area contributed by atoms with E-state index >= 15 is 0 Å². The van der Waals surface area contributed by atoms with Gasteiger partial charge in [-0.25, -0.2) is 19.3 Å². The van der Waals surface area contributed by atoms with Gasteiger partial charge in [0.25, 0.3) is 11.8 Å². The van der Waals surface area contributed by atoms with Crippen LogP contribution in [0.3, 0.4) is 0 Å². The van der Waals surface area contributed by atoms with E-state index in [2.05, 4.69) is 82.2 Å². The van der Waals surface area contributed by atoms with Crippen molar-refractivity contribution >= 4 is 86.8 Å². The number of nitrogens with zero attached hydrogens (tertiary/aromatic N) is 10. The number of amides is 4. The molecule has 1 unspecified atom stereocenters. The summed E-state index contributed by atoms with van der Waals surface area (Å²) in [5, 5.41) is 14.9. The second kappa shape index (κ2) is 21.1. The van der Waals surface area contributed by atoms with Crippen molar-refractivity contribution in [2.45, 2.75) is 38.8 Å². The van der Waals surface area contributed by atoms with Gasteiger partial charge in [-0.2, -0.15) is 23.7 Å². The number of nitrogens with two attached hydrogens (primary N) is 2. The largest absolute Gasteiger partial charge is 0.373 e. The van der Waals surface area contributed by atoms with Gasteiger partial charge < -0.3 is 41.0 Å². The molecule has 4 aromatic heterocycles. The highest BCUT2D eigenvalue weighted by Crippen LogP contribution is 2.32. The normalized spacial score (nSPS) is 15.0. The fourth-order valence-corrected chi connectivity index (χ4v) is 8.42. The van der Waals surface area contributed by atoms with Crippen LogP contribution in [0.4, 0.5) is 11.6 Å². The Morgan fingerprint density at radius 3 is 1.67 bits per heavy atom. The molecule has 4 amide bonds.